The van der Waals surface area contributed by atoms with Gasteiger partial charge in [-0.15, -0.1) is 0 Å². The molecule has 2 unspecified atom stereocenters. The Morgan fingerprint density at radius 1 is 0.957 bits per heavy atom. The summed E-state index contributed by atoms with van der Waals surface area (Å²) in [6.45, 7) is 7.22. The number of ether oxygens (including phenoxy) is 1. The van der Waals surface area contributed by atoms with Gasteiger partial charge in [0.1, 0.15) is 5.75 Å². The van der Waals surface area contributed by atoms with Gasteiger partial charge in [-0.3, -0.25) is 0 Å². The smallest absolute Gasteiger partial charge is 0.119 e. The lowest BCUT2D eigenvalue weighted by Gasteiger charge is -2.48. The molecule has 0 amide bonds. The molecule has 0 saturated heterocycles. The first-order chi connectivity index (χ1) is 11.0. The van der Waals surface area contributed by atoms with Crippen molar-refractivity contribution in [2.75, 3.05) is 7.11 Å². The third kappa shape index (κ3) is 1.92. The summed E-state index contributed by atoms with van der Waals surface area (Å²) < 4.78 is 5.44. The molecular formula is C22H28O. The van der Waals surface area contributed by atoms with Gasteiger partial charge >= 0.3 is 0 Å². The first-order valence-electron chi connectivity index (χ1n) is 9.09. The van der Waals surface area contributed by atoms with Crippen LogP contribution in [0.2, 0.25) is 0 Å². The first-order valence-corrected chi connectivity index (χ1v) is 9.09. The van der Waals surface area contributed by atoms with Gasteiger partial charge in [0.15, 0.2) is 0 Å². The lowest BCUT2D eigenvalue weighted by atomic mass is 9.56. The van der Waals surface area contributed by atoms with E-state index in [0.29, 0.717) is 5.41 Å². The largest absolute Gasteiger partial charge is 0.497 e. The Bertz CT molecular complexity index is 723. The Morgan fingerprint density at radius 3 is 2.39 bits per heavy atom. The number of rotatable bonds is 1. The average molecular weight is 308 g/mol. The summed E-state index contributed by atoms with van der Waals surface area (Å²) >= 11 is 0. The second kappa shape index (κ2) is 5.00. The van der Waals surface area contributed by atoms with Crippen LogP contribution < -0.4 is 4.74 Å². The standard InChI is InChI=1S/C22H28O/c1-5-16-7-10-19-20-9-6-15-14-17(23-4)8-11-18(15)22(20,3)13-12-21(16,19)2/h5,8,11,14H,6-7,9-10,12-13H2,1-4H3/b16-5-. The summed E-state index contributed by atoms with van der Waals surface area (Å²) in [4.78, 5) is 0. The third-order valence-electron chi connectivity index (χ3n) is 7.07. The summed E-state index contributed by atoms with van der Waals surface area (Å²) in [5.41, 5.74) is 8.89. The second-order valence-corrected chi connectivity index (χ2v) is 7.96. The second-order valence-electron chi connectivity index (χ2n) is 7.96. The summed E-state index contributed by atoms with van der Waals surface area (Å²) in [6, 6.07) is 6.75. The fourth-order valence-corrected chi connectivity index (χ4v) is 5.67. The molecule has 3 aliphatic carbocycles. The molecule has 3 aliphatic rings. The van der Waals surface area contributed by atoms with E-state index in [1.54, 1.807) is 29.4 Å². The van der Waals surface area contributed by atoms with Crippen molar-refractivity contribution in [1.82, 2.24) is 0 Å². The van der Waals surface area contributed by atoms with Crippen molar-refractivity contribution in [3.63, 3.8) is 0 Å². The molecule has 1 heteroatoms. The Labute approximate surface area is 140 Å². The fourth-order valence-electron chi connectivity index (χ4n) is 5.67. The molecule has 2 atom stereocenters. The van der Waals surface area contributed by atoms with Crippen LogP contribution in [0, 0.1) is 5.41 Å². The lowest BCUT2D eigenvalue weighted by molar-refractivity contribution is 0.317. The Balaban J connectivity index is 1.87. The molecule has 0 spiro atoms. The molecule has 4 rings (SSSR count). The van der Waals surface area contributed by atoms with E-state index in [0.717, 1.165) is 5.75 Å². The van der Waals surface area contributed by atoms with E-state index >= 15 is 0 Å². The summed E-state index contributed by atoms with van der Waals surface area (Å²) in [7, 11) is 1.77. The minimum atomic E-state index is 0.248. The van der Waals surface area contributed by atoms with Crippen LogP contribution >= 0.6 is 0 Å². The summed E-state index contributed by atoms with van der Waals surface area (Å²) in [5.74, 6) is 1.00. The van der Waals surface area contributed by atoms with Crippen LogP contribution in [0.3, 0.4) is 0 Å². The molecule has 0 aromatic heterocycles. The number of methoxy groups -OCH3 is 1. The number of fused-ring (bicyclic) bond motifs is 4. The van der Waals surface area contributed by atoms with Crippen molar-refractivity contribution in [2.24, 2.45) is 5.41 Å². The summed E-state index contributed by atoms with van der Waals surface area (Å²) in [5, 5.41) is 0. The Morgan fingerprint density at radius 2 is 1.65 bits per heavy atom. The van der Waals surface area contributed by atoms with Gasteiger partial charge in [-0.05, 0) is 68.7 Å². The predicted molar refractivity (Wildman–Crippen MR) is 96.0 cm³/mol. The molecule has 0 bridgehead atoms. The minimum Gasteiger partial charge on any atom is -0.497 e. The number of hydrogen-bond acceptors (Lipinski definition) is 1. The molecule has 0 radical (unpaired) electrons. The molecule has 1 nitrogen and oxygen atoms in total. The lowest BCUT2D eigenvalue weighted by Crippen LogP contribution is -2.38. The van der Waals surface area contributed by atoms with Crippen LogP contribution in [0.4, 0.5) is 0 Å². The van der Waals surface area contributed by atoms with Gasteiger partial charge in [0, 0.05) is 10.8 Å². The normalized spacial score (nSPS) is 34.2. The van der Waals surface area contributed by atoms with Crippen LogP contribution in [0.25, 0.3) is 0 Å². The fraction of sp³-hybridized carbons (Fsp3) is 0.545. The average Bonchev–Trinajstić information content (AvgIpc) is 2.90. The zero-order valence-electron chi connectivity index (χ0n) is 15.0. The van der Waals surface area contributed by atoms with E-state index in [-0.39, 0.29) is 5.41 Å². The monoisotopic (exact) mass is 308 g/mol. The highest BCUT2D eigenvalue weighted by Gasteiger charge is 2.49. The van der Waals surface area contributed by atoms with E-state index in [2.05, 4.69) is 45.0 Å². The predicted octanol–water partition coefficient (Wildman–Crippen LogP) is 5.74. The quantitative estimate of drug-likeness (QED) is 0.601. The molecule has 0 heterocycles. The zero-order chi connectivity index (χ0) is 16.2. The minimum absolute atomic E-state index is 0.248. The van der Waals surface area contributed by atoms with Gasteiger partial charge < -0.3 is 4.74 Å². The maximum absolute atomic E-state index is 5.44. The van der Waals surface area contributed by atoms with Gasteiger partial charge in [0.05, 0.1) is 7.11 Å². The van der Waals surface area contributed by atoms with Gasteiger partial charge in [-0.25, -0.2) is 0 Å². The van der Waals surface area contributed by atoms with Crippen LogP contribution in [0.5, 0.6) is 5.75 Å². The van der Waals surface area contributed by atoms with E-state index in [4.69, 9.17) is 4.74 Å². The Kier molecular flexibility index (Phi) is 3.27. The molecule has 1 aromatic rings. The molecule has 1 fully saturated rings. The summed E-state index contributed by atoms with van der Waals surface area (Å²) in [6.07, 6.45) is 9.93. The van der Waals surface area contributed by atoms with E-state index in [1.165, 1.54) is 44.1 Å². The van der Waals surface area contributed by atoms with Gasteiger partial charge in [-0.1, -0.05) is 42.7 Å². The molecule has 0 aliphatic heterocycles. The van der Waals surface area contributed by atoms with Crippen molar-refractivity contribution >= 4 is 0 Å². The van der Waals surface area contributed by atoms with Crippen LogP contribution in [0.15, 0.2) is 41.0 Å². The maximum Gasteiger partial charge on any atom is 0.119 e. The van der Waals surface area contributed by atoms with E-state index < -0.39 is 0 Å². The molecule has 122 valence electrons. The van der Waals surface area contributed by atoms with Crippen LogP contribution in [-0.2, 0) is 11.8 Å². The molecule has 1 aromatic carbocycles. The topological polar surface area (TPSA) is 9.23 Å². The van der Waals surface area contributed by atoms with Gasteiger partial charge in [-0.2, -0.15) is 0 Å². The van der Waals surface area contributed by atoms with Gasteiger partial charge in [0.2, 0.25) is 0 Å². The Hall–Kier alpha value is -1.50. The van der Waals surface area contributed by atoms with Crippen LogP contribution in [0.1, 0.15) is 64.0 Å². The third-order valence-corrected chi connectivity index (χ3v) is 7.07. The SMILES string of the molecule is C/C=C1/CCC2=C3CCc4cc(OC)ccc4C3(C)CCC21C. The van der Waals surface area contributed by atoms with Crippen molar-refractivity contribution < 1.29 is 4.74 Å². The number of allylic oxidation sites excluding steroid dienone is 4. The molecule has 0 N–H and O–H groups in total. The van der Waals surface area contributed by atoms with Gasteiger partial charge in [0.25, 0.3) is 0 Å². The van der Waals surface area contributed by atoms with Crippen LogP contribution in [-0.4, -0.2) is 7.11 Å². The molecule has 23 heavy (non-hydrogen) atoms. The van der Waals surface area contributed by atoms with Crippen molar-refractivity contribution in [2.45, 2.75) is 64.7 Å². The number of aryl methyl sites for hydroxylation is 1. The highest BCUT2D eigenvalue weighted by Crippen LogP contribution is 2.61. The molecular weight excluding hydrogens is 280 g/mol. The maximum atomic E-state index is 5.44. The van der Waals surface area contributed by atoms with Crippen molar-refractivity contribution in [3.05, 3.63) is 52.1 Å². The number of hydrogen-bond donors (Lipinski definition) is 0. The number of benzene rings is 1. The van der Waals surface area contributed by atoms with E-state index in [9.17, 15) is 0 Å². The zero-order valence-corrected chi connectivity index (χ0v) is 15.0. The van der Waals surface area contributed by atoms with E-state index in [1.807, 2.05) is 0 Å². The van der Waals surface area contributed by atoms with Crippen molar-refractivity contribution in [3.8, 4) is 5.75 Å². The molecule has 1 saturated carbocycles. The highest BCUT2D eigenvalue weighted by atomic mass is 16.5. The first kappa shape index (κ1) is 15.1. The van der Waals surface area contributed by atoms with Crippen molar-refractivity contribution in [1.29, 1.82) is 0 Å². The highest BCUT2D eigenvalue weighted by molar-refractivity contribution is 5.54.